The summed E-state index contributed by atoms with van der Waals surface area (Å²) in [5, 5.41) is 9.39. The van der Waals surface area contributed by atoms with E-state index >= 15 is 0 Å². The zero-order valence-corrected chi connectivity index (χ0v) is 10.5. The Kier molecular flexibility index (Phi) is 4.63. The molecule has 2 aromatic carbocycles. The van der Waals surface area contributed by atoms with Gasteiger partial charge in [-0.1, -0.05) is 30.3 Å². The Hall–Kier alpha value is -1.74. The Morgan fingerprint density at radius 2 is 1.74 bits per heavy atom. The molecule has 0 saturated heterocycles. The first-order chi connectivity index (χ1) is 9.19. The van der Waals surface area contributed by atoms with Crippen LogP contribution in [0.2, 0.25) is 0 Å². The van der Waals surface area contributed by atoms with E-state index in [1.807, 2.05) is 6.07 Å². The number of benzene rings is 2. The lowest BCUT2D eigenvalue weighted by molar-refractivity contribution is 0.224. The third-order valence-corrected chi connectivity index (χ3v) is 3.14. The monoisotopic (exact) mass is 262 g/mol. The van der Waals surface area contributed by atoms with E-state index in [0.29, 0.717) is 18.4 Å². The van der Waals surface area contributed by atoms with Gasteiger partial charge in [-0.2, -0.15) is 0 Å². The van der Waals surface area contributed by atoms with E-state index in [4.69, 9.17) is 0 Å². The van der Waals surface area contributed by atoms with Crippen molar-refractivity contribution < 1.29 is 13.9 Å². The molecule has 0 aliphatic rings. The highest BCUT2D eigenvalue weighted by atomic mass is 19.1. The molecule has 3 heteroatoms. The van der Waals surface area contributed by atoms with Gasteiger partial charge in [0.2, 0.25) is 0 Å². The molecule has 2 aromatic rings. The molecule has 0 bridgehead atoms. The molecule has 1 nitrogen and oxygen atoms in total. The van der Waals surface area contributed by atoms with Gasteiger partial charge in [0.25, 0.3) is 0 Å². The van der Waals surface area contributed by atoms with Crippen molar-refractivity contribution in [3.05, 3.63) is 71.3 Å². The van der Waals surface area contributed by atoms with Crippen molar-refractivity contribution in [1.29, 1.82) is 0 Å². The molecule has 0 heterocycles. The number of halogens is 2. The summed E-state index contributed by atoms with van der Waals surface area (Å²) in [7, 11) is 0. The first kappa shape index (κ1) is 13.7. The maximum atomic E-state index is 13.5. The van der Waals surface area contributed by atoms with Gasteiger partial charge in [-0.3, -0.25) is 0 Å². The number of rotatable bonds is 5. The largest absolute Gasteiger partial charge is 0.396 e. The van der Waals surface area contributed by atoms with E-state index in [1.165, 1.54) is 18.2 Å². The van der Waals surface area contributed by atoms with E-state index in [-0.39, 0.29) is 24.2 Å². The van der Waals surface area contributed by atoms with E-state index in [0.717, 1.165) is 5.56 Å². The smallest absolute Gasteiger partial charge is 0.126 e. The summed E-state index contributed by atoms with van der Waals surface area (Å²) >= 11 is 0. The van der Waals surface area contributed by atoms with Crippen molar-refractivity contribution in [3.63, 3.8) is 0 Å². The maximum Gasteiger partial charge on any atom is 0.126 e. The van der Waals surface area contributed by atoms with Gasteiger partial charge in [0.15, 0.2) is 0 Å². The fourth-order valence-corrected chi connectivity index (χ4v) is 2.17. The highest BCUT2D eigenvalue weighted by molar-refractivity contribution is 5.20. The van der Waals surface area contributed by atoms with Gasteiger partial charge in [0.1, 0.15) is 11.6 Å². The molecular weight excluding hydrogens is 246 g/mol. The molecule has 0 radical (unpaired) electrons. The first-order valence-corrected chi connectivity index (χ1v) is 6.27. The number of aliphatic hydroxyl groups is 1. The lowest BCUT2D eigenvalue weighted by Crippen LogP contribution is -2.14. The Bertz CT molecular complexity index is 540. The average molecular weight is 262 g/mol. The summed E-state index contributed by atoms with van der Waals surface area (Å²) < 4.78 is 26.6. The second kappa shape index (κ2) is 6.43. The van der Waals surface area contributed by atoms with Crippen molar-refractivity contribution in [2.45, 2.75) is 12.8 Å². The molecule has 100 valence electrons. The fourth-order valence-electron chi connectivity index (χ4n) is 2.17. The Balaban J connectivity index is 2.07. The van der Waals surface area contributed by atoms with Crippen LogP contribution in [0.15, 0.2) is 48.5 Å². The molecule has 19 heavy (non-hydrogen) atoms. The molecule has 0 spiro atoms. The van der Waals surface area contributed by atoms with Crippen molar-refractivity contribution in [2.24, 2.45) is 5.92 Å². The van der Waals surface area contributed by atoms with Gasteiger partial charge in [-0.25, -0.2) is 8.78 Å². The minimum absolute atomic E-state index is 0.0507. The molecule has 0 aliphatic heterocycles. The van der Waals surface area contributed by atoms with Crippen molar-refractivity contribution in [2.75, 3.05) is 6.61 Å². The predicted octanol–water partition coefficient (Wildman–Crippen LogP) is 3.36. The third kappa shape index (κ3) is 3.86. The van der Waals surface area contributed by atoms with Gasteiger partial charge in [0, 0.05) is 6.61 Å². The predicted molar refractivity (Wildman–Crippen MR) is 70.8 cm³/mol. The summed E-state index contributed by atoms with van der Waals surface area (Å²) in [6.07, 6.45) is 0.974. The Morgan fingerprint density at radius 3 is 2.42 bits per heavy atom. The molecule has 0 aromatic heterocycles. The minimum atomic E-state index is -0.292. The van der Waals surface area contributed by atoms with Gasteiger partial charge in [0.05, 0.1) is 0 Å². The Morgan fingerprint density at radius 1 is 0.947 bits per heavy atom. The molecule has 0 fully saturated rings. The minimum Gasteiger partial charge on any atom is -0.396 e. The van der Waals surface area contributed by atoms with Crippen molar-refractivity contribution in [1.82, 2.24) is 0 Å². The fraction of sp³-hybridized carbons (Fsp3) is 0.250. The van der Waals surface area contributed by atoms with Crippen LogP contribution in [0.5, 0.6) is 0 Å². The molecule has 0 saturated carbocycles. The summed E-state index contributed by atoms with van der Waals surface area (Å²) in [6, 6.07) is 12.8. The zero-order valence-electron chi connectivity index (χ0n) is 10.5. The Labute approximate surface area is 111 Å². The van der Waals surface area contributed by atoms with E-state index in [1.54, 1.807) is 24.3 Å². The van der Waals surface area contributed by atoms with Crippen molar-refractivity contribution in [3.8, 4) is 0 Å². The number of hydrogen-bond acceptors (Lipinski definition) is 1. The molecule has 1 atom stereocenters. The lowest BCUT2D eigenvalue weighted by atomic mass is 9.93. The van der Waals surface area contributed by atoms with Crippen molar-refractivity contribution >= 4 is 0 Å². The van der Waals surface area contributed by atoms with Crippen LogP contribution in [0, 0.1) is 17.6 Å². The van der Waals surface area contributed by atoms with Crippen LogP contribution in [-0.4, -0.2) is 11.7 Å². The molecule has 1 unspecified atom stereocenters. The van der Waals surface area contributed by atoms with Crippen LogP contribution in [0.4, 0.5) is 8.78 Å². The van der Waals surface area contributed by atoms with Gasteiger partial charge >= 0.3 is 0 Å². The van der Waals surface area contributed by atoms with Gasteiger partial charge in [-0.05, 0) is 48.1 Å². The van der Waals surface area contributed by atoms with E-state index < -0.39 is 0 Å². The molecular formula is C16H16F2O. The van der Waals surface area contributed by atoms with E-state index in [9.17, 15) is 13.9 Å². The highest BCUT2D eigenvalue weighted by Crippen LogP contribution is 2.17. The van der Waals surface area contributed by atoms with Crippen LogP contribution >= 0.6 is 0 Å². The third-order valence-electron chi connectivity index (χ3n) is 3.14. The van der Waals surface area contributed by atoms with Gasteiger partial charge in [-0.15, -0.1) is 0 Å². The van der Waals surface area contributed by atoms with Crippen LogP contribution in [0.3, 0.4) is 0 Å². The maximum absolute atomic E-state index is 13.5. The van der Waals surface area contributed by atoms with Crippen LogP contribution in [-0.2, 0) is 12.8 Å². The van der Waals surface area contributed by atoms with E-state index in [2.05, 4.69) is 0 Å². The number of hydrogen-bond donors (Lipinski definition) is 1. The van der Waals surface area contributed by atoms with Gasteiger partial charge < -0.3 is 5.11 Å². The zero-order chi connectivity index (χ0) is 13.7. The lowest BCUT2D eigenvalue weighted by Gasteiger charge is -2.14. The highest BCUT2D eigenvalue weighted by Gasteiger charge is 2.12. The van der Waals surface area contributed by atoms with Crippen LogP contribution < -0.4 is 0 Å². The molecule has 1 N–H and O–H groups in total. The summed E-state index contributed by atoms with van der Waals surface area (Å²) in [5.74, 6) is -0.668. The summed E-state index contributed by atoms with van der Waals surface area (Å²) in [4.78, 5) is 0. The standard InChI is InChI=1S/C16H16F2O/c17-15-6-3-4-12(10-15)8-13(11-19)9-14-5-1-2-7-16(14)18/h1-7,10,13,19H,8-9,11H2. The second-order valence-corrected chi connectivity index (χ2v) is 4.68. The van der Waals surface area contributed by atoms with Crippen LogP contribution in [0.25, 0.3) is 0 Å². The number of aliphatic hydroxyl groups excluding tert-OH is 1. The normalized spacial score (nSPS) is 12.4. The summed E-state index contributed by atoms with van der Waals surface area (Å²) in [5.41, 5.74) is 1.40. The molecule has 0 aliphatic carbocycles. The summed E-state index contributed by atoms with van der Waals surface area (Å²) in [6.45, 7) is -0.0507. The molecule has 0 amide bonds. The second-order valence-electron chi connectivity index (χ2n) is 4.68. The first-order valence-electron chi connectivity index (χ1n) is 6.27. The molecule has 2 rings (SSSR count). The average Bonchev–Trinajstić information content (AvgIpc) is 2.40. The quantitative estimate of drug-likeness (QED) is 0.876. The SMILES string of the molecule is OCC(Cc1cccc(F)c1)Cc1ccccc1F. The van der Waals surface area contributed by atoms with Crippen LogP contribution in [0.1, 0.15) is 11.1 Å². The topological polar surface area (TPSA) is 20.2 Å².